The highest BCUT2D eigenvalue weighted by Gasteiger charge is 2.32. The highest BCUT2D eigenvalue weighted by Crippen LogP contribution is 2.34. The summed E-state index contributed by atoms with van der Waals surface area (Å²) in [7, 11) is 0. The number of rotatable bonds is 4. The molecular formula is C14H19ClF3N3. The van der Waals surface area contributed by atoms with E-state index in [1.165, 1.54) is 0 Å². The molecule has 3 nitrogen and oxygen atoms in total. The van der Waals surface area contributed by atoms with Crippen molar-refractivity contribution in [3.63, 3.8) is 0 Å². The van der Waals surface area contributed by atoms with E-state index in [4.69, 9.17) is 11.6 Å². The minimum absolute atomic E-state index is 0.0591. The fourth-order valence-corrected chi connectivity index (χ4v) is 2.87. The van der Waals surface area contributed by atoms with Gasteiger partial charge < -0.3 is 10.2 Å². The van der Waals surface area contributed by atoms with Gasteiger partial charge in [-0.3, -0.25) is 0 Å². The van der Waals surface area contributed by atoms with Gasteiger partial charge in [0.05, 0.1) is 10.6 Å². The second kappa shape index (κ2) is 6.83. The number of alkyl halides is 3. The van der Waals surface area contributed by atoms with Gasteiger partial charge in [0, 0.05) is 25.3 Å². The molecule has 1 aromatic rings. The molecule has 0 aromatic carbocycles. The lowest BCUT2D eigenvalue weighted by atomic mass is 10.1. The molecule has 1 fully saturated rings. The molecule has 0 amide bonds. The maximum atomic E-state index is 12.7. The maximum absolute atomic E-state index is 12.7. The Hall–Kier alpha value is -1.01. The second-order valence-electron chi connectivity index (χ2n) is 5.22. The Labute approximate surface area is 127 Å². The van der Waals surface area contributed by atoms with Crippen molar-refractivity contribution in [3.05, 3.63) is 22.8 Å². The van der Waals surface area contributed by atoms with Gasteiger partial charge in [-0.1, -0.05) is 18.5 Å². The predicted molar refractivity (Wildman–Crippen MR) is 77.8 cm³/mol. The fourth-order valence-electron chi connectivity index (χ4n) is 2.60. The summed E-state index contributed by atoms with van der Waals surface area (Å²) in [4.78, 5) is 6.01. The lowest BCUT2D eigenvalue weighted by Crippen LogP contribution is -2.47. The molecule has 118 valence electrons. The van der Waals surface area contributed by atoms with Crippen LogP contribution in [-0.2, 0) is 6.18 Å². The van der Waals surface area contributed by atoms with Crippen molar-refractivity contribution in [2.45, 2.75) is 38.4 Å². The summed E-state index contributed by atoms with van der Waals surface area (Å²) in [5, 5.41) is 3.37. The minimum Gasteiger partial charge on any atom is -0.351 e. The molecule has 0 spiro atoms. The smallest absolute Gasteiger partial charge is 0.351 e. The number of hydrogen-bond donors (Lipinski definition) is 1. The summed E-state index contributed by atoms with van der Waals surface area (Å²) in [5.74, 6) is 0.445. The van der Waals surface area contributed by atoms with Crippen molar-refractivity contribution in [3.8, 4) is 0 Å². The van der Waals surface area contributed by atoms with Crippen LogP contribution in [0.2, 0.25) is 5.02 Å². The Morgan fingerprint density at radius 3 is 2.76 bits per heavy atom. The van der Waals surface area contributed by atoms with Gasteiger partial charge in [0.1, 0.15) is 5.82 Å². The van der Waals surface area contributed by atoms with Crippen molar-refractivity contribution in [2.24, 2.45) is 0 Å². The topological polar surface area (TPSA) is 28.2 Å². The van der Waals surface area contributed by atoms with Crippen LogP contribution in [0.4, 0.5) is 19.0 Å². The number of pyridine rings is 1. The van der Waals surface area contributed by atoms with Crippen molar-refractivity contribution >= 4 is 17.4 Å². The average molecular weight is 322 g/mol. The van der Waals surface area contributed by atoms with Gasteiger partial charge in [0.2, 0.25) is 0 Å². The van der Waals surface area contributed by atoms with Gasteiger partial charge >= 0.3 is 6.18 Å². The molecule has 1 saturated heterocycles. The summed E-state index contributed by atoms with van der Waals surface area (Å²) in [6.45, 7) is 4.54. The third-order valence-corrected chi connectivity index (χ3v) is 3.88. The Balaban J connectivity index is 2.27. The SMILES string of the molecule is CCCN(c1ncc(C(F)(F)F)cc1Cl)C1CCCNC1. The molecule has 1 aliphatic heterocycles. The number of nitrogens with zero attached hydrogens (tertiary/aromatic N) is 2. The molecule has 1 unspecified atom stereocenters. The van der Waals surface area contributed by atoms with Crippen LogP contribution in [0.15, 0.2) is 12.3 Å². The van der Waals surface area contributed by atoms with Crippen LogP contribution < -0.4 is 10.2 Å². The molecule has 0 radical (unpaired) electrons. The highest BCUT2D eigenvalue weighted by atomic mass is 35.5. The Morgan fingerprint density at radius 2 is 2.24 bits per heavy atom. The quantitative estimate of drug-likeness (QED) is 0.916. The molecule has 21 heavy (non-hydrogen) atoms. The molecule has 1 atom stereocenters. The van der Waals surface area contributed by atoms with Crippen molar-refractivity contribution in [1.82, 2.24) is 10.3 Å². The number of piperidine rings is 1. The summed E-state index contributed by atoms with van der Waals surface area (Å²) in [6.07, 6.45) is -0.637. The first-order valence-corrected chi connectivity index (χ1v) is 7.51. The largest absolute Gasteiger partial charge is 0.417 e. The predicted octanol–water partition coefficient (Wildman–Crippen LogP) is 3.72. The first-order chi connectivity index (χ1) is 9.93. The summed E-state index contributed by atoms with van der Waals surface area (Å²) >= 11 is 6.06. The number of halogens is 4. The molecule has 0 bridgehead atoms. The van der Waals surface area contributed by atoms with Crippen LogP contribution in [0.3, 0.4) is 0 Å². The van der Waals surface area contributed by atoms with Gasteiger partial charge in [-0.2, -0.15) is 13.2 Å². The molecule has 1 aromatic heterocycles. The van der Waals surface area contributed by atoms with E-state index in [0.717, 1.165) is 51.2 Å². The summed E-state index contributed by atoms with van der Waals surface area (Å²) < 4.78 is 38.0. The number of nitrogens with one attached hydrogen (secondary N) is 1. The van der Waals surface area contributed by atoms with Gasteiger partial charge in [-0.15, -0.1) is 0 Å². The standard InChI is InChI=1S/C14H19ClF3N3/c1-2-6-21(11-4-3-5-19-9-11)13-12(15)7-10(8-20-13)14(16,17)18/h7-8,11,19H,2-6,9H2,1H3. The third kappa shape index (κ3) is 4.01. The van der Waals surface area contributed by atoms with E-state index >= 15 is 0 Å². The Kier molecular flexibility index (Phi) is 5.32. The highest BCUT2D eigenvalue weighted by molar-refractivity contribution is 6.33. The van der Waals surface area contributed by atoms with Gasteiger partial charge in [-0.25, -0.2) is 4.98 Å². The van der Waals surface area contributed by atoms with Crippen LogP contribution in [-0.4, -0.2) is 30.7 Å². The number of anilines is 1. The molecule has 2 heterocycles. The van der Waals surface area contributed by atoms with Crippen LogP contribution in [0.5, 0.6) is 0 Å². The number of hydrogen-bond acceptors (Lipinski definition) is 3. The third-order valence-electron chi connectivity index (χ3n) is 3.60. The maximum Gasteiger partial charge on any atom is 0.417 e. The van der Waals surface area contributed by atoms with Crippen molar-refractivity contribution < 1.29 is 13.2 Å². The first-order valence-electron chi connectivity index (χ1n) is 7.13. The van der Waals surface area contributed by atoms with Crippen molar-refractivity contribution in [1.29, 1.82) is 0 Å². The first kappa shape index (κ1) is 16.4. The van der Waals surface area contributed by atoms with Gasteiger partial charge in [0.15, 0.2) is 0 Å². The fraction of sp³-hybridized carbons (Fsp3) is 0.643. The molecule has 1 N–H and O–H groups in total. The van der Waals surface area contributed by atoms with Gasteiger partial charge in [-0.05, 0) is 31.9 Å². The van der Waals surface area contributed by atoms with Crippen molar-refractivity contribution in [2.75, 3.05) is 24.5 Å². The Bertz CT molecular complexity index is 473. The van der Waals surface area contributed by atoms with E-state index in [1.807, 2.05) is 11.8 Å². The molecule has 0 saturated carbocycles. The average Bonchev–Trinajstić information content (AvgIpc) is 2.45. The van der Waals surface area contributed by atoms with Crippen LogP contribution in [0, 0.1) is 0 Å². The summed E-state index contributed by atoms with van der Waals surface area (Å²) in [6, 6.07) is 1.18. The summed E-state index contributed by atoms with van der Waals surface area (Å²) in [5.41, 5.74) is -0.811. The zero-order valence-corrected chi connectivity index (χ0v) is 12.6. The van der Waals surface area contributed by atoms with E-state index in [0.29, 0.717) is 5.82 Å². The molecule has 7 heteroatoms. The monoisotopic (exact) mass is 321 g/mol. The minimum atomic E-state index is -4.42. The van der Waals surface area contributed by atoms with E-state index in [1.54, 1.807) is 0 Å². The molecule has 0 aliphatic carbocycles. The lowest BCUT2D eigenvalue weighted by molar-refractivity contribution is -0.137. The van der Waals surface area contributed by atoms with Gasteiger partial charge in [0.25, 0.3) is 0 Å². The number of aromatic nitrogens is 1. The molecule has 1 aliphatic rings. The van der Waals surface area contributed by atoms with E-state index in [-0.39, 0.29) is 11.1 Å². The molecule has 2 rings (SSSR count). The van der Waals surface area contributed by atoms with E-state index < -0.39 is 11.7 Å². The zero-order valence-electron chi connectivity index (χ0n) is 11.9. The van der Waals surface area contributed by atoms with Crippen LogP contribution in [0.1, 0.15) is 31.7 Å². The van der Waals surface area contributed by atoms with Crippen LogP contribution in [0.25, 0.3) is 0 Å². The normalized spacial score (nSPS) is 19.6. The van der Waals surface area contributed by atoms with E-state index in [9.17, 15) is 13.2 Å². The van der Waals surface area contributed by atoms with Crippen LogP contribution >= 0.6 is 11.6 Å². The molecular weight excluding hydrogens is 303 g/mol. The zero-order chi connectivity index (χ0) is 15.5. The lowest BCUT2D eigenvalue weighted by Gasteiger charge is -2.36. The second-order valence-corrected chi connectivity index (χ2v) is 5.63. The van der Waals surface area contributed by atoms with E-state index in [2.05, 4.69) is 10.3 Å². The Morgan fingerprint density at radius 1 is 1.48 bits per heavy atom.